The van der Waals surface area contributed by atoms with E-state index in [1.807, 2.05) is 13.8 Å². The lowest BCUT2D eigenvalue weighted by Gasteiger charge is -2.31. The normalized spacial score (nSPS) is 36.1. The molecule has 4 nitrogen and oxygen atoms in total. The van der Waals surface area contributed by atoms with E-state index in [1.54, 1.807) is 0 Å². The summed E-state index contributed by atoms with van der Waals surface area (Å²) in [6.45, 7) is 3.68. The number of cyclic esters (lactones) is 2. The highest BCUT2D eigenvalue weighted by molar-refractivity contribution is 6.01. The minimum absolute atomic E-state index is 0.0791. The van der Waals surface area contributed by atoms with Crippen molar-refractivity contribution < 1.29 is 19.4 Å². The predicted molar refractivity (Wildman–Crippen MR) is 56.3 cm³/mol. The highest BCUT2D eigenvalue weighted by Crippen LogP contribution is 2.45. The Morgan fingerprint density at radius 1 is 1.31 bits per heavy atom. The molecule has 1 saturated carbocycles. The van der Waals surface area contributed by atoms with E-state index in [0.29, 0.717) is 0 Å². The highest BCUT2D eigenvalue weighted by atomic mass is 16.6. The molecule has 0 spiro atoms. The molecule has 0 aromatic rings. The Kier molecular flexibility index (Phi) is 2.78. The topological polar surface area (TPSA) is 63.6 Å². The zero-order chi connectivity index (χ0) is 11.9. The molecule has 16 heavy (non-hydrogen) atoms. The minimum Gasteiger partial charge on any atom is -0.391 e. The first-order valence-electron chi connectivity index (χ1n) is 5.96. The van der Waals surface area contributed by atoms with E-state index in [-0.39, 0.29) is 11.8 Å². The van der Waals surface area contributed by atoms with Crippen molar-refractivity contribution in [1.29, 1.82) is 0 Å². The predicted octanol–water partition coefficient (Wildman–Crippen LogP) is 1.26. The van der Waals surface area contributed by atoms with E-state index in [4.69, 9.17) is 0 Å². The molecule has 2 atom stereocenters. The van der Waals surface area contributed by atoms with Crippen LogP contribution in [0.5, 0.6) is 0 Å². The molecule has 2 aliphatic rings. The average molecular weight is 226 g/mol. The summed E-state index contributed by atoms with van der Waals surface area (Å²) >= 11 is 0. The lowest BCUT2D eigenvalue weighted by molar-refractivity contribution is -0.162. The van der Waals surface area contributed by atoms with Gasteiger partial charge in [0.15, 0.2) is 5.60 Å². The van der Waals surface area contributed by atoms with Crippen LogP contribution in [0.2, 0.25) is 0 Å². The molecule has 0 aromatic heterocycles. The number of aliphatic hydroxyl groups is 1. The van der Waals surface area contributed by atoms with E-state index in [9.17, 15) is 14.7 Å². The van der Waals surface area contributed by atoms with Gasteiger partial charge in [-0.05, 0) is 24.7 Å². The molecule has 0 aromatic carbocycles. The van der Waals surface area contributed by atoms with Gasteiger partial charge in [0.2, 0.25) is 0 Å². The number of hydrogen-bond acceptors (Lipinski definition) is 4. The van der Waals surface area contributed by atoms with Gasteiger partial charge in [-0.1, -0.05) is 26.7 Å². The lowest BCUT2D eigenvalue weighted by atomic mass is 9.73. The van der Waals surface area contributed by atoms with Crippen LogP contribution in [0.15, 0.2) is 0 Å². The molecule has 0 amide bonds. The van der Waals surface area contributed by atoms with Gasteiger partial charge in [-0.3, -0.25) is 4.79 Å². The summed E-state index contributed by atoms with van der Waals surface area (Å²) in [5.41, 5.74) is -1.57. The van der Waals surface area contributed by atoms with Gasteiger partial charge in [0.1, 0.15) is 0 Å². The van der Waals surface area contributed by atoms with Crippen LogP contribution < -0.4 is 0 Å². The summed E-state index contributed by atoms with van der Waals surface area (Å²) in [4.78, 5) is 23.3. The fourth-order valence-electron chi connectivity index (χ4n) is 3.11. The second-order valence-corrected chi connectivity index (χ2v) is 5.24. The number of hydrogen-bond donors (Lipinski definition) is 1. The molecule has 2 rings (SSSR count). The zero-order valence-corrected chi connectivity index (χ0v) is 9.73. The van der Waals surface area contributed by atoms with Crippen molar-refractivity contribution in [1.82, 2.24) is 0 Å². The van der Waals surface area contributed by atoms with Gasteiger partial charge in [0.05, 0.1) is 5.92 Å². The van der Waals surface area contributed by atoms with Crippen LogP contribution in [0.4, 0.5) is 0 Å². The van der Waals surface area contributed by atoms with E-state index in [2.05, 4.69) is 4.74 Å². The van der Waals surface area contributed by atoms with Crippen LogP contribution in [-0.2, 0) is 14.3 Å². The van der Waals surface area contributed by atoms with Crippen molar-refractivity contribution >= 4 is 11.9 Å². The Morgan fingerprint density at radius 3 is 2.38 bits per heavy atom. The standard InChI is InChI=1S/C12H18O4/c1-7(2)9-10(13)16-11(14)12(9,15)8-5-3-4-6-8/h7-9,15H,3-6H2,1-2H3. The Hall–Kier alpha value is -0.900. The van der Waals surface area contributed by atoms with Crippen molar-refractivity contribution in [3.05, 3.63) is 0 Å². The van der Waals surface area contributed by atoms with Crippen molar-refractivity contribution in [3.63, 3.8) is 0 Å². The Bertz CT molecular complexity index is 317. The fourth-order valence-corrected chi connectivity index (χ4v) is 3.11. The van der Waals surface area contributed by atoms with Gasteiger partial charge in [-0.25, -0.2) is 4.79 Å². The molecule has 0 radical (unpaired) electrons. The zero-order valence-electron chi connectivity index (χ0n) is 9.73. The summed E-state index contributed by atoms with van der Waals surface area (Å²) in [5.74, 6) is -2.18. The SMILES string of the molecule is CC(C)C1C(=O)OC(=O)C1(O)C1CCCC1. The van der Waals surface area contributed by atoms with Crippen molar-refractivity contribution in [2.75, 3.05) is 0 Å². The molecule has 2 unspecified atom stereocenters. The second kappa shape index (κ2) is 3.84. The molecular formula is C12H18O4. The number of esters is 2. The van der Waals surface area contributed by atoms with Gasteiger partial charge >= 0.3 is 11.9 Å². The summed E-state index contributed by atoms with van der Waals surface area (Å²) < 4.78 is 4.64. The van der Waals surface area contributed by atoms with Crippen molar-refractivity contribution in [3.8, 4) is 0 Å². The minimum atomic E-state index is -1.57. The van der Waals surface area contributed by atoms with Gasteiger partial charge in [-0.2, -0.15) is 0 Å². The van der Waals surface area contributed by atoms with Gasteiger partial charge in [-0.15, -0.1) is 0 Å². The molecule has 0 bridgehead atoms. The third-order valence-corrected chi connectivity index (χ3v) is 3.89. The Labute approximate surface area is 95.0 Å². The Morgan fingerprint density at radius 2 is 1.88 bits per heavy atom. The van der Waals surface area contributed by atoms with Crippen LogP contribution in [0.3, 0.4) is 0 Å². The van der Waals surface area contributed by atoms with Crippen LogP contribution in [-0.4, -0.2) is 22.6 Å². The Balaban J connectivity index is 2.34. The van der Waals surface area contributed by atoms with Crippen LogP contribution in [0.1, 0.15) is 39.5 Å². The van der Waals surface area contributed by atoms with Crippen LogP contribution in [0.25, 0.3) is 0 Å². The van der Waals surface area contributed by atoms with Gasteiger partial charge < -0.3 is 9.84 Å². The smallest absolute Gasteiger partial charge is 0.346 e. The first kappa shape index (κ1) is 11.6. The molecule has 1 aliphatic carbocycles. The highest BCUT2D eigenvalue weighted by Gasteiger charge is 2.61. The summed E-state index contributed by atoms with van der Waals surface area (Å²) in [5, 5.41) is 10.6. The first-order valence-corrected chi connectivity index (χ1v) is 5.96. The molecule has 90 valence electrons. The van der Waals surface area contributed by atoms with E-state index >= 15 is 0 Å². The fraction of sp³-hybridized carbons (Fsp3) is 0.833. The van der Waals surface area contributed by atoms with E-state index < -0.39 is 23.5 Å². The third-order valence-electron chi connectivity index (χ3n) is 3.89. The molecule has 2 fully saturated rings. The summed E-state index contributed by atoms with van der Waals surface area (Å²) in [7, 11) is 0. The molecule has 4 heteroatoms. The molecule has 1 saturated heterocycles. The number of rotatable bonds is 2. The second-order valence-electron chi connectivity index (χ2n) is 5.24. The maximum absolute atomic E-state index is 11.7. The number of ether oxygens (including phenoxy) is 1. The monoisotopic (exact) mass is 226 g/mol. The van der Waals surface area contributed by atoms with E-state index in [0.717, 1.165) is 25.7 Å². The van der Waals surface area contributed by atoms with Crippen LogP contribution >= 0.6 is 0 Å². The molecule has 1 N–H and O–H groups in total. The van der Waals surface area contributed by atoms with Crippen molar-refractivity contribution in [2.45, 2.75) is 45.1 Å². The average Bonchev–Trinajstić information content (AvgIpc) is 2.74. The van der Waals surface area contributed by atoms with Crippen LogP contribution in [0, 0.1) is 17.8 Å². The third kappa shape index (κ3) is 1.47. The maximum Gasteiger partial charge on any atom is 0.346 e. The van der Waals surface area contributed by atoms with Crippen molar-refractivity contribution in [2.24, 2.45) is 17.8 Å². The molecule has 1 heterocycles. The van der Waals surface area contributed by atoms with E-state index in [1.165, 1.54) is 0 Å². The summed E-state index contributed by atoms with van der Waals surface area (Å²) in [6.07, 6.45) is 3.64. The first-order chi connectivity index (χ1) is 7.48. The van der Waals surface area contributed by atoms with Gasteiger partial charge in [0, 0.05) is 0 Å². The largest absolute Gasteiger partial charge is 0.391 e. The quantitative estimate of drug-likeness (QED) is 0.568. The number of carbonyl (C=O) groups is 2. The molecular weight excluding hydrogens is 208 g/mol. The molecule has 1 aliphatic heterocycles. The van der Waals surface area contributed by atoms with Gasteiger partial charge in [0.25, 0.3) is 0 Å². The maximum atomic E-state index is 11.7. The summed E-state index contributed by atoms with van der Waals surface area (Å²) in [6, 6.07) is 0. The lowest BCUT2D eigenvalue weighted by Crippen LogP contribution is -2.49. The number of carbonyl (C=O) groups excluding carboxylic acids is 2.